The molecule has 5 nitrogen and oxygen atoms in total. The van der Waals surface area contributed by atoms with Crippen LogP contribution in [-0.2, 0) is 11.8 Å². The fraction of sp³-hybridized carbons (Fsp3) is 0.619. The van der Waals surface area contributed by atoms with Gasteiger partial charge in [0.25, 0.3) is 0 Å². The van der Waals surface area contributed by atoms with Crippen molar-refractivity contribution in [2.24, 2.45) is 18.4 Å². The summed E-state index contributed by atoms with van der Waals surface area (Å²) >= 11 is 0. The number of nitrogens with zero attached hydrogens (tertiary/aromatic N) is 3. The largest absolute Gasteiger partial charge is 0.390 e. The van der Waals surface area contributed by atoms with E-state index in [2.05, 4.69) is 27.8 Å². The summed E-state index contributed by atoms with van der Waals surface area (Å²) in [6.45, 7) is 3.65. The molecule has 3 fully saturated rings. The van der Waals surface area contributed by atoms with Crippen molar-refractivity contribution in [1.82, 2.24) is 14.5 Å². The van der Waals surface area contributed by atoms with Crippen LogP contribution in [0.1, 0.15) is 50.5 Å². The molecule has 1 aromatic carbocycles. The van der Waals surface area contributed by atoms with E-state index in [0.29, 0.717) is 24.2 Å². The summed E-state index contributed by atoms with van der Waals surface area (Å²) in [5, 5.41) is 9.87. The lowest BCUT2D eigenvalue weighted by Gasteiger charge is -2.52. The highest BCUT2D eigenvalue weighted by Gasteiger charge is 2.53. The van der Waals surface area contributed by atoms with E-state index in [1.807, 2.05) is 25.2 Å². The standard InChI is InChI=1S/C21H27N3O2/c1-20(26)8-16(9-20)19(25)24-11-21(12-24)6-5-15(10-21)14-3-4-18-17(7-14)22-13-23(18)2/h3-4,7,13,15-16,26H,5-6,8-12H2,1-2H3/t15-,16?,20?/m1/s1. The third kappa shape index (κ3) is 2.48. The number of aryl methyl sites for hydroxylation is 1. The number of carbonyl (C=O) groups is 1. The van der Waals surface area contributed by atoms with Crippen LogP contribution in [0.2, 0.25) is 0 Å². The smallest absolute Gasteiger partial charge is 0.225 e. The third-order valence-electron chi connectivity index (χ3n) is 7.01. The molecule has 2 aliphatic carbocycles. The maximum Gasteiger partial charge on any atom is 0.225 e. The molecule has 3 aliphatic rings. The molecule has 1 atom stereocenters. The summed E-state index contributed by atoms with van der Waals surface area (Å²) in [6.07, 6.45) is 6.72. The Kier molecular flexibility index (Phi) is 3.34. The van der Waals surface area contributed by atoms with Crippen molar-refractivity contribution in [3.05, 3.63) is 30.1 Å². The number of aliphatic hydroxyl groups is 1. The first-order valence-corrected chi connectivity index (χ1v) is 9.76. The highest BCUT2D eigenvalue weighted by Crippen LogP contribution is 2.53. The van der Waals surface area contributed by atoms with Gasteiger partial charge in [0, 0.05) is 31.5 Å². The van der Waals surface area contributed by atoms with Gasteiger partial charge in [-0.3, -0.25) is 4.79 Å². The highest BCUT2D eigenvalue weighted by atomic mass is 16.3. The van der Waals surface area contributed by atoms with Crippen LogP contribution < -0.4 is 0 Å². The molecule has 1 saturated heterocycles. The normalized spacial score (nSPS) is 32.7. The first-order chi connectivity index (χ1) is 12.3. The van der Waals surface area contributed by atoms with E-state index in [0.717, 1.165) is 18.6 Å². The van der Waals surface area contributed by atoms with Gasteiger partial charge in [0.15, 0.2) is 0 Å². The van der Waals surface area contributed by atoms with Crippen LogP contribution in [0.4, 0.5) is 0 Å². The molecule has 0 bridgehead atoms. The predicted molar refractivity (Wildman–Crippen MR) is 99.7 cm³/mol. The Morgan fingerprint density at radius 1 is 1.27 bits per heavy atom. The molecular weight excluding hydrogens is 326 g/mol. The maximum absolute atomic E-state index is 12.5. The van der Waals surface area contributed by atoms with Gasteiger partial charge >= 0.3 is 0 Å². The summed E-state index contributed by atoms with van der Waals surface area (Å²) in [5.74, 6) is 0.898. The van der Waals surface area contributed by atoms with Gasteiger partial charge in [0.05, 0.1) is 23.0 Å². The highest BCUT2D eigenvalue weighted by molar-refractivity contribution is 5.81. The number of rotatable bonds is 2. The Morgan fingerprint density at radius 2 is 2.04 bits per heavy atom. The molecule has 1 aliphatic heterocycles. The Labute approximate surface area is 154 Å². The number of amides is 1. The molecule has 1 aromatic heterocycles. The van der Waals surface area contributed by atoms with Gasteiger partial charge < -0.3 is 14.6 Å². The number of likely N-dealkylation sites (tertiary alicyclic amines) is 1. The van der Waals surface area contributed by atoms with E-state index in [1.165, 1.54) is 30.3 Å². The molecule has 26 heavy (non-hydrogen) atoms. The summed E-state index contributed by atoms with van der Waals surface area (Å²) in [5.41, 5.74) is 3.36. The molecular formula is C21H27N3O2. The van der Waals surface area contributed by atoms with E-state index in [4.69, 9.17) is 0 Å². The maximum atomic E-state index is 12.5. The second-order valence-corrected chi connectivity index (χ2v) is 9.34. The van der Waals surface area contributed by atoms with E-state index in [9.17, 15) is 9.90 Å². The van der Waals surface area contributed by atoms with Crippen LogP contribution in [0.5, 0.6) is 0 Å². The molecule has 5 heteroatoms. The van der Waals surface area contributed by atoms with Crippen molar-refractivity contribution in [3.63, 3.8) is 0 Å². The van der Waals surface area contributed by atoms with Crippen molar-refractivity contribution >= 4 is 16.9 Å². The number of aromatic nitrogens is 2. The van der Waals surface area contributed by atoms with Crippen LogP contribution in [0.25, 0.3) is 11.0 Å². The molecule has 138 valence electrons. The molecule has 2 aromatic rings. The first kappa shape index (κ1) is 16.3. The lowest BCUT2D eigenvalue weighted by Crippen LogP contribution is -2.61. The molecule has 1 spiro atoms. The van der Waals surface area contributed by atoms with Gasteiger partial charge in [0.1, 0.15) is 0 Å². The van der Waals surface area contributed by atoms with Crippen molar-refractivity contribution < 1.29 is 9.90 Å². The summed E-state index contributed by atoms with van der Waals surface area (Å²) in [4.78, 5) is 19.1. The van der Waals surface area contributed by atoms with Gasteiger partial charge in [0.2, 0.25) is 5.91 Å². The zero-order valence-corrected chi connectivity index (χ0v) is 15.6. The van der Waals surface area contributed by atoms with Crippen molar-refractivity contribution in [2.45, 2.75) is 50.5 Å². The van der Waals surface area contributed by atoms with Crippen LogP contribution in [0, 0.1) is 11.3 Å². The molecule has 2 heterocycles. The van der Waals surface area contributed by atoms with Crippen LogP contribution >= 0.6 is 0 Å². The van der Waals surface area contributed by atoms with Gasteiger partial charge in [-0.15, -0.1) is 0 Å². The fourth-order valence-electron chi connectivity index (χ4n) is 5.54. The fourth-order valence-corrected chi connectivity index (χ4v) is 5.54. The minimum atomic E-state index is -0.620. The molecule has 0 unspecified atom stereocenters. The summed E-state index contributed by atoms with van der Waals surface area (Å²) in [6, 6.07) is 6.69. The van der Waals surface area contributed by atoms with Crippen molar-refractivity contribution in [2.75, 3.05) is 13.1 Å². The van der Waals surface area contributed by atoms with Gasteiger partial charge in [-0.05, 0) is 62.6 Å². The lowest BCUT2D eigenvalue weighted by molar-refractivity contribution is -0.161. The number of fused-ring (bicyclic) bond motifs is 1. The van der Waals surface area contributed by atoms with E-state index < -0.39 is 5.60 Å². The Morgan fingerprint density at radius 3 is 2.77 bits per heavy atom. The monoisotopic (exact) mass is 353 g/mol. The van der Waals surface area contributed by atoms with Crippen LogP contribution in [0.15, 0.2) is 24.5 Å². The van der Waals surface area contributed by atoms with Gasteiger partial charge in [-0.1, -0.05) is 6.07 Å². The zero-order valence-electron chi connectivity index (χ0n) is 15.6. The van der Waals surface area contributed by atoms with Gasteiger partial charge in [-0.2, -0.15) is 0 Å². The minimum absolute atomic E-state index is 0.0473. The quantitative estimate of drug-likeness (QED) is 0.903. The molecule has 1 N–H and O–H groups in total. The number of imidazole rings is 1. The van der Waals surface area contributed by atoms with E-state index >= 15 is 0 Å². The van der Waals surface area contributed by atoms with Crippen molar-refractivity contribution in [1.29, 1.82) is 0 Å². The second kappa shape index (κ2) is 5.32. The van der Waals surface area contributed by atoms with E-state index in [-0.39, 0.29) is 11.8 Å². The SMILES string of the molecule is Cn1cnc2cc([C@@H]3CCC4(C3)CN(C(=O)C3CC(C)(O)C3)C4)ccc21. The molecule has 2 saturated carbocycles. The zero-order chi connectivity index (χ0) is 18.1. The Hall–Kier alpha value is -1.88. The van der Waals surface area contributed by atoms with Crippen LogP contribution in [-0.4, -0.2) is 44.2 Å². The molecule has 5 rings (SSSR count). The average molecular weight is 353 g/mol. The molecule has 0 radical (unpaired) electrons. The summed E-state index contributed by atoms with van der Waals surface area (Å²) < 4.78 is 2.06. The third-order valence-corrected chi connectivity index (χ3v) is 7.01. The first-order valence-electron chi connectivity index (χ1n) is 9.76. The number of carbonyl (C=O) groups excluding carboxylic acids is 1. The average Bonchev–Trinajstić information content (AvgIpc) is 3.15. The van der Waals surface area contributed by atoms with Gasteiger partial charge in [-0.25, -0.2) is 4.98 Å². The number of benzene rings is 1. The van der Waals surface area contributed by atoms with E-state index in [1.54, 1.807) is 0 Å². The topological polar surface area (TPSA) is 58.4 Å². The Balaban J connectivity index is 1.23. The lowest BCUT2D eigenvalue weighted by atomic mass is 9.69. The number of hydrogen-bond donors (Lipinski definition) is 1. The molecule has 1 amide bonds. The Bertz CT molecular complexity index is 871. The van der Waals surface area contributed by atoms with Crippen molar-refractivity contribution in [3.8, 4) is 0 Å². The van der Waals surface area contributed by atoms with Crippen LogP contribution in [0.3, 0.4) is 0 Å². The number of hydrogen-bond acceptors (Lipinski definition) is 3. The summed E-state index contributed by atoms with van der Waals surface area (Å²) in [7, 11) is 2.03. The second-order valence-electron chi connectivity index (χ2n) is 9.34. The predicted octanol–water partition coefficient (Wildman–Crippen LogP) is 2.83. The minimum Gasteiger partial charge on any atom is -0.390 e.